The predicted molar refractivity (Wildman–Crippen MR) is 170 cm³/mol. The van der Waals surface area contributed by atoms with Crippen LogP contribution in [0, 0.1) is 23.6 Å². The SMILES string of the molecule is C#Cc1cccc2cc(O)cc(-c3ncc4c(N5CC6CCC(C5)N6)nc(OCC5(CN6CCC(F)CC6)CC5)nc4c3F)c12. The molecule has 4 fully saturated rings. The normalized spacial score (nSPS) is 23.0. The number of piperidine rings is 1. The van der Waals surface area contributed by atoms with E-state index in [1.807, 2.05) is 12.1 Å². The van der Waals surface area contributed by atoms with Crippen molar-refractivity contribution >= 4 is 27.5 Å². The first-order valence-electron chi connectivity index (χ1n) is 16.0. The molecule has 2 aromatic carbocycles. The van der Waals surface area contributed by atoms with Crippen molar-refractivity contribution in [3.63, 3.8) is 0 Å². The first-order chi connectivity index (χ1) is 21.9. The molecule has 4 aliphatic rings. The number of nitrogens with zero attached hydrogens (tertiary/aromatic N) is 5. The molecule has 8 rings (SSSR count). The second kappa shape index (κ2) is 11.1. The van der Waals surface area contributed by atoms with E-state index in [0.717, 1.165) is 58.4 Å². The van der Waals surface area contributed by atoms with Gasteiger partial charge in [-0.1, -0.05) is 18.1 Å². The van der Waals surface area contributed by atoms with Gasteiger partial charge in [-0.2, -0.15) is 9.97 Å². The number of hydrogen-bond acceptors (Lipinski definition) is 8. The number of alkyl halides is 1. The van der Waals surface area contributed by atoms with E-state index >= 15 is 4.39 Å². The number of likely N-dealkylation sites (tertiary alicyclic amines) is 1. The molecule has 5 heterocycles. The number of terminal acetylenes is 1. The Balaban J connectivity index is 1.19. The number of aromatic hydroxyl groups is 1. The molecule has 8 nitrogen and oxygen atoms in total. The van der Waals surface area contributed by atoms with Crippen LogP contribution in [0.3, 0.4) is 0 Å². The van der Waals surface area contributed by atoms with E-state index in [1.54, 1.807) is 18.3 Å². The summed E-state index contributed by atoms with van der Waals surface area (Å²) in [5.74, 6) is 2.68. The lowest BCUT2D eigenvalue weighted by molar-refractivity contribution is 0.107. The number of ether oxygens (including phenoxy) is 1. The molecule has 2 atom stereocenters. The maximum absolute atomic E-state index is 16.8. The van der Waals surface area contributed by atoms with Gasteiger partial charge in [0.1, 0.15) is 28.9 Å². The summed E-state index contributed by atoms with van der Waals surface area (Å²) in [6.45, 7) is 4.30. The highest BCUT2D eigenvalue weighted by atomic mass is 19.1. The van der Waals surface area contributed by atoms with Gasteiger partial charge in [-0.15, -0.1) is 6.42 Å². The highest BCUT2D eigenvalue weighted by Crippen LogP contribution is 2.47. The van der Waals surface area contributed by atoms with Gasteiger partial charge in [0, 0.05) is 72.9 Å². The van der Waals surface area contributed by atoms with Crippen LogP contribution in [0.1, 0.15) is 44.1 Å². The molecule has 2 bridgehead atoms. The smallest absolute Gasteiger partial charge is 0.319 e. The molecule has 45 heavy (non-hydrogen) atoms. The van der Waals surface area contributed by atoms with E-state index in [2.05, 4.69) is 31.0 Å². The fourth-order valence-corrected chi connectivity index (χ4v) is 7.48. The Labute approximate surface area is 260 Å². The van der Waals surface area contributed by atoms with Gasteiger partial charge in [-0.05, 0) is 62.1 Å². The third-order valence-electron chi connectivity index (χ3n) is 10.1. The Morgan fingerprint density at radius 1 is 1.09 bits per heavy atom. The zero-order valence-corrected chi connectivity index (χ0v) is 25.1. The summed E-state index contributed by atoms with van der Waals surface area (Å²) in [6.07, 6.45) is 12.1. The van der Waals surface area contributed by atoms with Crippen LogP contribution in [0.4, 0.5) is 14.6 Å². The molecule has 0 radical (unpaired) electrons. The van der Waals surface area contributed by atoms with E-state index in [0.29, 0.717) is 64.6 Å². The summed E-state index contributed by atoms with van der Waals surface area (Å²) in [6, 6.07) is 9.37. The van der Waals surface area contributed by atoms with E-state index in [9.17, 15) is 9.50 Å². The second-order valence-electron chi connectivity index (χ2n) is 13.3. The number of anilines is 1. The van der Waals surface area contributed by atoms with E-state index < -0.39 is 12.0 Å². The largest absolute Gasteiger partial charge is 0.508 e. The monoisotopic (exact) mass is 610 g/mol. The molecular weight excluding hydrogens is 574 g/mol. The number of benzene rings is 2. The van der Waals surface area contributed by atoms with Crippen LogP contribution in [0.2, 0.25) is 0 Å². The van der Waals surface area contributed by atoms with Crippen LogP contribution >= 0.6 is 0 Å². The molecule has 1 aliphatic carbocycles. The van der Waals surface area contributed by atoms with Crippen molar-refractivity contribution < 1.29 is 18.6 Å². The van der Waals surface area contributed by atoms with E-state index in [-0.39, 0.29) is 28.4 Å². The standard InChI is InChI=1S/C35H36F2N6O2/c1-2-21-4-3-5-22-14-26(44)15-27(29(21)22)31-30(37)32-28(16-38-31)33(43-17-24-6-7-25(18-43)39-24)41-34(40-32)45-20-35(10-11-35)19-42-12-8-23(36)9-13-42/h1,3-5,14-16,23-25,39,44H,6-13,17-20H2. The van der Waals surface area contributed by atoms with Gasteiger partial charge in [0.05, 0.1) is 12.0 Å². The van der Waals surface area contributed by atoms with Gasteiger partial charge in [0.2, 0.25) is 0 Å². The van der Waals surface area contributed by atoms with Crippen molar-refractivity contribution in [1.29, 1.82) is 0 Å². The van der Waals surface area contributed by atoms with Crippen LogP contribution in [-0.2, 0) is 0 Å². The first-order valence-corrected chi connectivity index (χ1v) is 16.0. The van der Waals surface area contributed by atoms with E-state index in [4.69, 9.17) is 16.1 Å². The van der Waals surface area contributed by atoms with Crippen LogP contribution in [0.15, 0.2) is 36.5 Å². The average molecular weight is 611 g/mol. The molecule has 10 heteroatoms. The predicted octanol–water partition coefficient (Wildman–Crippen LogP) is 5.20. The summed E-state index contributed by atoms with van der Waals surface area (Å²) < 4.78 is 36.8. The second-order valence-corrected chi connectivity index (χ2v) is 13.3. The lowest BCUT2D eigenvalue weighted by atomic mass is 9.96. The summed E-state index contributed by atoms with van der Waals surface area (Å²) in [7, 11) is 0. The zero-order chi connectivity index (χ0) is 30.7. The molecule has 0 amide bonds. The van der Waals surface area contributed by atoms with Gasteiger partial charge in [-0.25, -0.2) is 8.78 Å². The van der Waals surface area contributed by atoms with Crippen molar-refractivity contribution in [2.45, 2.75) is 56.8 Å². The van der Waals surface area contributed by atoms with Crippen molar-refractivity contribution in [3.05, 3.63) is 47.9 Å². The third-order valence-corrected chi connectivity index (χ3v) is 10.1. The van der Waals surface area contributed by atoms with Crippen LogP contribution in [0.25, 0.3) is 32.9 Å². The molecule has 2 unspecified atom stereocenters. The third kappa shape index (κ3) is 5.32. The summed E-state index contributed by atoms with van der Waals surface area (Å²) in [4.78, 5) is 18.6. The number of nitrogens with one attached hydrogen (secondary N) is 1. The summed E-state index contributed by atoms with van der Waals surface area (Å²) >= 11 is 0. The van der Waals surface area contributed by atoms with Crippen molar-refractivity contribution in [2.24, 2.45) is 5.41 Å². The molecule has 3 saturated heterocycles. The number of phenolic OH excluding ortho intramolecular Hbond substituents is 1. The van der Waals surface area contributed by atoms with Crippen molar-refractivity contribution in [2.75, 3.05) is 44.2 Å². The van der Waals surface area contributed by atoms with Crippen molar-refractivity contribution in [3.8, 4) is 35.4 Å². The molecule has 2 aromatic heterocycles. The Morgan fingerprint density at radius 2 is 1.87 bits per heavy atom. The quantitative estimate of drug-likeness (QED) is 0.276. The summed E-state index contributed by atoms with van der Waals surface area (Å²) in [5.41, 5.74) is 1.13. The first kappa shape index (κ1) is 28.4. The molecule has 232 valence electrons. The minimum Gasteiger partial charge on any atom is -0.508 e. The molecule has 4 aromatic rings. The topological polar surface area (TPSA) is 86.6 Å². The van der Waals surface area contributed by atoms with Gasteiger partial charge in [-0.3, -0.25) is 4.98 Å². The zero-order valence-electron chi connectivity index (χ0n) is 25.1. The number of halogens is 2. The van der Waals surface area contributed by atoms with Crippen molar-refractivity contribution in [1.82, 2.24) is 25.2 Å². The number of rotatable bonds is 7. The number of phenols is 1. The van der Waals surface area contributed by atoms with Gasteiger partial charge in [0.15, 0.2) is 5.82 Å². The Kier molecular flexibility index (Phi) is 6.99. The fourth-order valence-electron chi connectivity index (χ4n) is 7.48. The molecular formula is C35H36F2N6O2. The molecule has 2 N–H and O–H groups in total. The lowest BCUT2D eigenvalue weighted by Crippen LogP contribution is -2.51. The molecule has 1 saturated carbocycles. The average Bonchev–Trinajstić information content (AvgIpc) is 3.73. The lowest BCUT2D eigenvalue weighted by Gasteiger charge is -2.34. The van der Waals surface area contributed by atoms with Gasteiger partial charge in [0.25, 0.3) is 0 Å². The molecule has 0 spiro atoms. The highest BCUT2D eigenvalue weighted by Gasteiger charge is 2.45. The Bertz CT molecular complexity index is 1820. The number of piperazine rings is 1. The molecule has 3 aliphatic heterocycles. The Hall–Kier alpha value is -4.07. The van der Waals surface area contributed by atoms with Crippen LogP contribution < -0.4 is 15.0 Å². The number of pyridine rings is 1. The Morgan fingerprint density at radius 3 is 2.60 bits per heavy atom. The summed E-state index contributed by atoms with van der Waals surface area (Å²) in [5, 5.41) is 16.0. The van der Waals surface area contributed by atoms with Crippen LogP contribution in [0.5, 0.6) is 11.8 Å². The number of hydrogen-bond donors (Lipinski definition) is 2. The number of fused-ring (bicyclic) bond motifs is 4. The van der Waals surface area contributed by atoms with E-state index in [1.165, 1.54) is 6.07 Å². The minimum atomic E-state index is -0.706. The van der Waals surface area contributed by atoms with Gasteiger partial charge >= 0.3 is 6.01 Å². The minimum absolute atomic E-state index is 0.0119. The van der Waals surface area contributed by atoms with Crippen LogP contribution in [-0.4, -0.2) is 82.5 Å². The highest BCUT2D eigenvalue weighted by molar-refractivity contribution is 6.02. The maximum atomic E-state index is 16.8. The fraction of sp³-hybridized carbons (Fsp3) is 0.457. The maximum Gasteiger partial charge on any atom is 0.319 e. The number of aromatic nitrogens is 3. The van der Waals surface area contributed by atoms with Gasteiger partial charge < -0.3 is 25.0 Å².